The van der Waals surface area contributed by atoms with E-state index in [1.165, 1.54) is 7.11 Å². The molecular weight excluding hydrogens is 324 g/mol. The van der Waals surface area contributed by atoms with Gasteiger partial charge in [0.25, 0.3) is 0 Å². The van der Waals surface area contributed by atoms with Crippen molar-refractivity contribution in [1.29, 1.82) is 0 Å². The number of para-hydroxylation sites is 1. The third-order valence-corrected chi connectivity index (χ3v) is 4.98. The summed E-state index contributed by atoms with van der Waals surface area (Å²) >= 11 is 1.66. The lowest BCUT2D eigenvalue weighted by Gasteiger charge is -2.10. The first kappa shape index (κ1) is 16.5. The molecule has 0 fully saturated rings. The number of ether oxygens (including phenoxy) is 3. The van der Waals surface area contributed by atoms with Gasteiger partial charge >= 0.3 is 5.97 Å². The van der Waals surface area contributed by atoms with Crippen LogP contribution in [0.5, 0.6) is 5.75 Å². The molecule has 0 saturated heterocycles. The number of esters is 1. The summed E-state index contributed by atoms with van der Waals surface area (Å²) in [5.74, 6) is 0.445. The van der Waals surface area contributed by atoms with E-state index in [2.05, 4.69) is 0 Å². The van der Waals surface area contributed by atoms with Crippen LogP contribution in [0, 0.1) is 0 Å². The maximum atomic E-state index is 11.9. The third-order valence-electron chi connectivity index (χ3n) is 3.83. The van der Waals surface area contributed by atoms with Crippen molar-refractivity contribution < 1.29 is 19.0 Å². The molecule has 0 aliphatic heterocycles. The van der Waals surface area contributed by atoms with Crippen molar-refractivity contribution in [2.45, 2.75) is 6.61 Å². The van der Waals surface area contributed by atoms with Gasteiger partial charge in [0.15, 0.2) is 0 Å². The maximum absolute atomic E-state index is 11.9. The van der Waals surface area contributed by atoms with Crippen LogP contribution in [0.15, 0.2) is 42.5 Å². The topological polar surface area (TPSA) is 44.8 Å². The summed E-state index contributed by atoms with van der Waals surface area (Å²) in [6.07, 6.45) is 0. The average Bonchev–Trinajstić information content (AvgIpc) is 2.98. The Labute approximate surface area is 144 Å². The van der Waals surface area contributed by atoms with Gasteiger partial charge in [-0.25, -0.2) is 4.79 Å². The minimum absolute atomic E-state index is 0.345. The molecule has 0 saturated carbocycles. The predicted octanol–water partition coefficient (Wildman–Crippen LogP) is 4.51. The van der Waals surface area contributed by atoms with Crippen LogP contribution < -0.4 is 4.74 Å². The SMILES string of the molecule is COCc1sc2ccc(C(=O)OC)cc2c1-c1ccccc1OC. The Kier molecular flexibility index (Phi) is 4.83. The Bertz CT molecular complexity index is 882. The lowest BCUT2D eigenvalue weighted by atomic mass is 9.99. The number of fused-ring (bicyclic) bond motifs is 1. The molecule has 0 unspecified atom stereocenters. The molecule has 0 bridgehead atoms. The lowest BCUT2D eigenvalue weighted by Crippen LogP contribution is -2.00. The molecule has 0 atom stereocenters. The zero-order chi connectivity index (χ0) is 17.1. The van der Waals surface area contributed by atoms with E-state index in [1.807, 2.05) is 36.4 Å². The van der Waals surface area contributed by atoms with Gasteiger partial charge in [-0.3, -0.25) is 0 Å². The van der Waals surface area contributed by atoms with Gasteiger partial charge < -0.3 is 14.2 Å². The van der Waals surface area contributed by atoms with Gasteiger partial charge in [0, 0.05) is 33.2 Å². The van der Waals surface area contributed by atoms with E-state index in [0.29, 0.717) is 12.2 Å². The predicted molar refractivity (Wildman–Crippen MR) is 95.9 cm³/mol. The second-order valence-electron chi connectivity index (χ2n) is 5.24. The van der Waals surface area contributed by atoms with E-state index in [1.54, 1.807) is 31.6 Å². The molecule has 5 heteroatoms. The van der Waals surface area contributed by atoms with Crippen LogP contribution in [0.3, 0.4) is 0 Å². The number of carbonyl (C=O) groups is 1. The van der Waals surface area contributed by atoms with Gasteiger partial charge in [0.1, 0.15) is 5.75 Å². The Hall–Kier alpha value is -2.37. The smallest absolute Gasteiger partial charge is 0.337 e. The first-order valence-corrected chi connectivity index (χ1v) is 8.27. The lowest BCUT2D eigenvalue weighted by molar-refractivity contribution is 0.0601. The van der Waals surface area contributed by atoms with Crippen molar-refractivity contribution >= 4 is 27.4 Å². The van der Waals surface area contributed by atoms with Gasteiger partial charge in [-0.1, -0.05) is 18.2 Å². The van der Waals surface area contributed by atoms with Crippen LogP contribution in [0.25, 0.3) is 21.2 Å². The van der Waals surface area contributed by atoms with Gasteiger partial charge in [0.2, 0.25) is 0 Å². The zero-order valence-corrected chi connectivity index (χ0v) is 14.6. The summed E-state index contributed by atoms with van der Waals surface area (Å²) in [7, 11) is 4.72. The number of benzene rings is 2. The van der Waals surface area contributed by atoms with Crippen LogP contribution in [0.1, 0.15) is 15.2 Å². The highest BCUT2D eigenvalue weighted by molar-refractivity contribution is 7.19. The van der Waals surface area contributed by atoms with Crippen molar-refractivity contribution in [3.8, 4) is 16.9 Å². The van der Waals surface area contributed by atoms with Crippen molar-refractivity contribution in [1.82, 2.24) is 0 Å². The second kappa shape index (κ2) is 7.03. The zero-order valence-electron chi connectivity index (χ0n) is 13.8. The second-order valence-corrected chi connectivity index (χ2v) is 6.37. The molecule has 0 radical (unpaired) electrons. The summed E-state index contributed by atoms with van der Waals surface area (Å²) in [5, 5.41) is 0.999. The average molecular weight is 342 g/mol. The van der Waals surface area contributed by atoms with E-state index < -0.39 is 0 Å². The summed E-state index contributed by atoms with van der Waals surface area (Å²) < 4.78 is 16.8. The van der Waals surface area contributed by atoms with Gasteiger partial charge in [-0.05, 0) is 24.3 Å². The fraction of sp³-hybridized carbons (Fsp3) is 0.211. The molecule has 2 aromatic carbocycles. The number of hydrogen-bond donors (Lipinski definition) is 0. The van der Waals surface area contributed by atoms with Crippen molar-refractivity contribution in [3.05, 3.63) is 52.9 Å². The minimum atomic E-state index is -0.345. The van der Waals surface area contributed by atoms with Crippen molar-refractivity contribution in [2.75, 3.05) is 21.3 Å². The number of rotatable bonds is 5. The van der Waals surface area contributed by atoms with Gasteiger partial charge in [0.05, 0.1) is 26.4 Å². The Morgan fingerprint density at radius 3 is 2.58 bits per heavy atom. The Morgan fingerprint density at radius 2 is 1.88 bits per heavy atom. The maximum Gasteiger partial charge on any atom is 0.337 e. The number of carbonyl (C=O) groups excluding carboxylic acids is 1. The molecule has 1 aromatic heterocycles. The highest BCUT2D eigenvalue weighted by Crippen LogP contribution is 2.43. The number of thiophene rings is 1. The van der Waals surface area contributed by atoms with Crippen molar-refractivity contribution in [2.24, 2.45) is 0 Å². The van der Waals surface area contributed by atoms with Crippen molar-refractivity contribution in [3.63, 3.8) is 0 Å². The number of methoxy groups -OCH3 is 3. The van der Waals surface area contributed by atoms with Crippen LogP contribution in [-0.4, -0.2) is 27.3 Å². The van der Waals surface area contributed by atoms with Crippen LogP contribution >= 0.6 is 11.3 Å². The summed E-state index contributed by atoms with van der Waals surface area (Å²) in [4.78, 5) is 13.0. The molecule has 3 rings (SSSR count). The largest absolute Gasteiger partial charge is 0.496 e. The summed E-state index contributed by atoms with van der Waals surface area (Å²) in [5.41, 5.74) is 2.56. The molecule has 4 nitrogen and oxygen atoms in total. The third kappa shape index (κ3) is 2.88. The Balaban J connectivity index is 2.29. The quantitative estimate of drug-likeness (QED) is 0.640. The summed E-state index contributed by atoms with van der Waals surface area (Å²) in [6, 6.07) is 13.5. The van der Waals surface area contributed by atoms with Gasteiger partial charge in [-0.15, -0.1) is 11.3 Å². The first-order chi connectivity index (χ1) is 11.7. The minimum Gasteiger partial charge on any atom is -0.496 e. The highest BCUT2D eigenvalue weighted by atomic mass is 32.1. The molecule has 24 heavy (non-hydrogen) atoms. The molecule has 0 aliphatic rings. The molecule has 1 heterocycles. The first-order valence-electron chi connectivity index (χ1n) is 7.45. The Morgan fingerprint density at radius 1 is 1.08 bits per heavy atom. The highest BCUT2D eigenvalue weighted by Gasteiger charge is 2.18. The molecule has 0 aliphatic carbocycles. The molecular formula is C19H18O4S. The van der Waals surface area contributed by atoms with E-state index in [9.17, 15) is 4.79 Å². The van der Waals surface area contributed by atoms with Crippen LogP contribution in [0.4, 0.5) is 0 Å². The standard InChI is InChI=1S/C19H18O4S/c1-21-11-17-18(13-6-4-5-7-15(13)22-2)14-10-12(19(20)23-3)8-9-16(14)24-17/h4-10H,11H2,1-3H3. The monoisotopic (exact) mass is 342 g/mol. The fourth-order valence-electron chi connectivity index (χ4n) is 2.77. The van der Waals surface area contributed by atoms with Crippen LogP contribution in [-0.2, 0) is 16.1 Å². The molecule has 0 spiro atoms. The molecule has 0 N–H and O–H groups in total. The van der Waals surface area contributed by atoms with Gasteiger partial charge in [-0.2, -0.15) is 0 Å². The molecule has 3 aromatic rings. The normalized spacial score (nSPS) is 10.8. The van der Waals surface area contributed by atoms with E-state index in [0.717, 1.165) is 31.8 Å². The van der Waals surface area contributed by atoms with Crippen LogP contribution in [0.2, 0.25) is 0 Å². The molecule has 124 valence electrons. The van der Waals surface area contributed by atoms with E-state index in [4.69, 9.17) is 14.2 Å². The van der Waals surface area contributed by atoms with E-state index >= 15 is 0 Å². The summed E-state index contributed by atoms with van der Waals surface area (Å²) in [6.45, 7) is 0.500. The van der Waals surface area contributed by atoms with E-state index in [-0.39, 0.29) is 5.97 Å². The molecule has 0 amide bonds. The fourth-order valence-corrected chi connectivity index (χ4v) is 3.94. The number of hydrogen-bond acceptors (Lipinski definition) is 5.